The molecule has 0 atom stereocenters. The average Bonchev–Trinajstić information content (AvgIpc) is 2.14. The van der Waals surface area contributed by atoms with E-state index in [0.29, 0.717) is 0 Å². The molecule has 88 valence electrons. The molecule has 1 aliphatic heterocycles. The second kappa shape index (κ2) is 3.89. The van der Waals surface area contributed by atoms with Gasteiger partial charge in [-0.1, -0.05) is 0 Å². The van der Waals surface area contributed by atoms with Crippen molar-refractivity contribution in [2.45, 2.75) is 12.2 Å². The Hall–Kier alpha value is -1.37. The highest BCUT2D eigenvalue weighted by Crippen LogP contribution is 2.28. The summed E-state index contributed by atoms with van der Waals surface area (Å²) in [5, 5.41) is 3.04. The Kier molecular flexibility index (Phi) is 2.71. The van der Waals surface area contributed by atoms with E-state index in [0.717, 1.165) is 25.4 Å². The Bertz CT molecular complexity index is 375. The smallest absolute Gasteiger partial charge is 0.338 e. The number of nitrogens with zero attached hydrogens (tertiary/aromatic N) is 3. The summed E-state index contributed by atoms with van der Waals surface area (Å²) in [7, 11) is 1.70. The molecule has 0 spiro atoms. The highest BCUT2D eigenvalue weighted by molar-refractivity contribution is 5.32. The number of halogens is 3. The molecule has 0 saturated carbocycles. The molecule has 0 bridgehead atoms. The average molecular weight is 232 g/mol. The number of rotatable bonds is 2. The zero-order chi connectivity index (χ0) is 11.8. The molecule has 2 rings (SSSR count). The SMILES string of the molecule is CN(c1nccc(C(F)(F)F)n1)C1CNC1. The van der Waals surface area contributed by atoms with Crippen LogP contribution in [-0.4, -0.2) is 36.1 Å². The van der Waals surface area contributed by atoms with Crippen LogP contribution in [0.3, 0.4) is 0 Å². The van der Waals surface area contributed by atoms with Gasteiger partial charge in [0.15, 0.2) is 0 Å². The van der Waals surface area contributed by atoms with Crippen LogP contribution in [0.1, 0.15) is 5.69 Å². The summed E-state index contributed by atoms with van der Waals surface area (Å²) in [6.45, 7) is 1.49. The van der Waals surface area contributed by atoms with Gasteiger partial charge in [0.25, 0.3) is 0 Å². The lowest BCUT2D eigenvalue weighted by atomic mass is 10.1. The predicted octanol–water partition coefficient (Wildman–Crippen LogP) is 0.903. The van der Waals surface area contributed by atoms with E-state index in [1.807, 2.05) is 0 Å². The fraction of sp³-hybridized carbons (Fsp3) is 0.556. The Balaban J connectivity index is 2.21. The molecule has 7 heteroatoms. The second-order valence-corrected chi connectivity index (χ2v) is 3.66. The number of aromatic nitrogens is 2. The monoisotopic (exact) mass is 232 g/mol. The Labute approximate surface area is 90.5 Å². The molecule has 1 fully saturated rings. The lowest BCUT2D eigenvalue weighted by Crippen LogP contribution is -2.56. The van der Waals surface area contributed by atoms with E-state index in [-0.39, 0.29) is 12.0 Å². The summed E-state index contributed by atoms with van der Waals surface area (Å²) in [5.41, 5.74) is -0.906. The van der Waals surface area contributed by atoms with Gasteiger partial charge in [0.2, 0.25) is 5.95 Å². The fourth-order valence-electron chi connectivity index (χ4n) is 1.39. The molecular weight excluding hydrogens is 221 g/mol. The van der Waals surface area contributed by atoms with Crippen LogP contribution in [0, 0.1) is 0 Å². The van der Waals surface area contributed by atoms with Crippen molar-refractivity contribution in [1.82, 2.24) is 15.3 Å². The van der Waals surface area contributed by atoms with E-state index >= 15 is 0 Å². The molecule has 2 heterocycles. The molecule has 1 aliphatic rings. The number of hydrogen-bond donors (Lipinski definition) is 1. The summed E-state index contributed by atoms with van der Waals surface area (Å²) in [4.78, 5) is 9.01. The molecule has 0 amide bonds. The highest BCUT2D eigenvalue weighted by atomic mass is 19.4. The summed E-state index contributed by atoms with van der Waals surface area (Å²) < 4.78 is 37.2. The van der Waals surface area contributed by atoms with Crippen LogP contribution >= 0.6 is 0 Å². The predicted molar refractivity (Wildman–Crippen MR) is 52.1 cm³/mol. The first kappa shape index (κ1) is 11.1. The molecule has 0 aliphatic carbocycles. The van der Waals surface area contributed by atoms with E-state index in [1.165, 1.54) is 0 Å². The quantitative estimate of drug-likeness (QED) is 0.822. The summed E-state index contributed by atoms with van der Waals surface area (Å²) in [6.07, 6.45) is -3.29. The van der Waals surface area contributed by atoms with Gasteiger partial charge in [-0.05, 0) is 6.07 Å². The van der Waals surface area contributed by atoms with Crippen molar-refractivity contribution in [2.75, 3.05) is 25.0 Å². The van der Waals surface area contributed by atoms with Crippen molar-refractivity contribution < 1.29 is 13.2 Å². The van der Waals surface area contributed by atoms with Crippen molar-refractivity contribution in [2.24, 2.45) is 0 Å². The van der Waals surface area contributed by atoms with E-state index in [4.69, 9.17) is 0 Å². The molecule has 0 unspecified atom stereocenters. The van der Waals surface area contributed by atoms with Gasteiger partial charge >= 0.3 is 6.18 Å². The first-order chi connectivity index (χ1) is 7.48. The lowest BCUT2D eigenvalue weighted by Gasteiger charge is -2.35. The van der Waals surface area contributed by atoms with Gasteiger partial charge in [0.1, 0.15) is 5.69 Å². The zero-order valence-electron chi connectivity index (χ0n) is 8.62. The van der Waals surface area contributed by atoms with Crippen LogP contribution in [0.5, 0.6) is 0 Å². The van der Waals surface area contributed by atoms with Gasteiger partial charge in [-0.2, -0.15) is 13.2 Å². The van der Waals surface area contributed by atoms with Crippen LogP contribution in [0.25, 0.3) is 0 Å². The molecule has 1 aromatic heterocycles. The van der Waals surface area contributed by atoms with Crippen LogP contribution in [0.15, 0.2) is 12.3 Å². The van der Waals surface area contributed by atoms with Crippen LogP contribution < -0.4 is 10.2 Å². The minimum atomic E-state index is -4.42. The topological polar surface area (TPSA) is 41.1 Å². The first-order valence-electron chi connectivity index (χ1n) is 4.82. The molecule has 1 saturated heterocycles. The minimum Gasteiger partial charge on any atom is -0.338 e. The van der Waals surface area contributed by atoms with Crippen LogP contribution in [-0.2, 0) is 6.18 Å². The number of nitrogens with one attached hydrogen (secondary N) is 1. The Morgan fingerprint density at radius 2 is 2.12 bits per heavy atom. The van der Waals surface area contributed by atoms with Crippen molar-refractivity contribution in [3.63, 3.8) is 0 Å². The van der Waals surface area contributed by atoms with Gasteiger partial charge in [0.05, 0.1) is 6.04 Å². The number of anilines is 1. The van der Waals surface area contributed by atoms with Gasteiger partial charge in [0, 0.05) is 26.3 Å². The third-order valence-corrected chi connectivity index (χ3v) is 2.56. The van der Waals surface area contributed by atoms with Gasteiger partial charge in [-0.3, -0.25) is 0 Å². The van der Waals surface area contributed by atoms with Gasteiger partial charge in [-0.25, -0.2) is 9.97 Å². The van der Waals surface area contributed by atoms with E-state index in [2.05, 4.69) is 15.3 Å². The molecule has 16 heavy (non-hydrogen) atoms. The van der Waals surface area contributed by atoms with Crippen molar-refractivity contribution in [3.05, 3.63) is 18.0 Å². The largest absolute Gasteiger partial charge is 0.433 e. The zero-order valence-corrected chi connectivity index (χ0v) is 8.62. The second-order valence-electron chi connectivity index (χ2n) is 3.66. The van der Waals surface area contributed by atoms with Crippen molar-refractivity contribution >= 4 is 5.95 Å². The van der Waals surface area contributed by atoms with Gasteiger partial charge < -0.3 is 10.2 Å². The first-order valence-corrected chi connectivity index (χ1v) is 4.82. The third-order valence-electron chi connectivity index (χ3n) is 2.56. The fourth-order valence-corrected chi connectivity index (χ4v) is 1.39. The van der Waals surface area contributed by atoms with Gasteiger partial charge in [-0.15, -0.1) is 0 Å². The molecule has 1 aromatic rings. The summed E-state index contributed by atoms with van der Waals surface area (Å²) in [6, 6.07) is 1.04. The number of hydrogen-bond acceptors (Lipinski definition) is 4. The molecule has 1 N–H and O–H groups in total. The molecule has 0 aromatic carbocycles. The van der Waals surface area contributed by atoms with Crippen molar-refractivity contribution in [1.29, 1.82) is 0 Å². The van der Waals surface area contributed by atoms with E-state index < -0.39 is 11.9 Å². The molecular formula is C9H11F3N4. The lowest BCUT2D eigenvalue weighted by molar-refractivity contribution is -0.141. The minimum absolute atomic E-state index is 0.112. The molecule has 0 radical (unpaired) electrons. The Morgan fingerprint density at radius 1 is 1.44 bits per heavy atom. The highest BCUT2D eigenvalue weighted by Gasteiger charge is 2.33. The van der Waals surface area contributed by atoms with Crippen LogP contribution in [0.4, 0.5) is 19.1 Å². The third kappa shape index (κ3) is 2.08. The maximum absolute atomic E-state index is 12.4. The number of likely N-dealkylation sites (N-methyl/N-ethyl adjacent to an activating group) is 1. The van der Waals surface area contributed by atoms with Crippen molar-refractivity contribution in [3.8, 4) is 0 Å². The summed E-state index contributed by atoms with van der Waals surface area (Å²) in [5.74, 6) is 0.112. The normalized spacial score (nSPS) is 17.0. The van der Waals surface area contributed by atoms with E-state index in [1.54, 1.807) is 11.9 Å². The summed E-state index contributed by atoms with van der Waals surface area (Å²) >= 11 is 0. The van der Waals surface area contributed by atoms with E-state index in [9.17, 15) is 13.2 Å². The number of alkyl halides is 3. The van der Waals surface area contributed by atoms with Crippen LogP contribution in [0.2, 0.25) is 0 Å². The Morgan fingerprint density at radius 3 is 2.62 bits per heavy atom. The maximum atomic E-state index is 12.4. The standard InChI is InChI=1S/C9H11F3N4/c1-16(6-4-13-5-6)8-14-3-2-7(15-8)9(10,11)12/h2-3,6,13H,4-5H2,1H3. The maximum Gasteiger partial charge on any atom is 0.433 e. The molecule has 4 nitrogen and oxygen atoms in total.